The Morgan fingerprint density at radius 3 is 2.42 bits per heavy atom. The van der Waals surface area contributed by atoms with Gasteiger partial charge in [0.15, 0.2) is 0 Å². The van der Waals surface area contributed by atoms with Crippen LogP contribution in [0.2, 0.25) is 0 Å². The van der Waals surface area contributed by atoms with E-state index < -0.39 is 0 Å². The summed E-state index contributed by atoms with van der Waals surface area (Å²) in [4.78, 5) is 11.2. The maximum atomic E-state index is 5.43. The van der Waals surface area contributed by atoms with Crippen molar-refractivity contribution in [1.82, 2.24) is 14.9 Å². The molecule has 0 radical (unpaired) electrons. The van der Waals surface area contributed by atoms with Crippen LogP contribution in [0.25, 0.3) is 0 Å². The normalized spacial score (nSPS) is 10.8. The standard InChI is InChI=1S/C13H26N6/c1-4-7-11-16-12(10-13(17-11)18-14)15-8-9-19(5-2)6-3/h10H,4-9,14H2,1-3H3,(H2,15,16,17,18). The number of nitrogens with two attached hydrogens (primary N) is 1. The summed E-state index contributed by atoms with van der Waals surface area (Å²) in [6, 6.07) is 1.83. The minimum atomic E-state index is 0.656. The van der Waals surface area contributed by atoms with Crippen LogP contribution >= 0.6 is 0 Å². The number of rotatable bonds is 9. The van der Waals surface area contributed by atoms with E-state index in [0.29, 0.717) is 5.82 Å². The second-order valence-corrected chi connectivity index (χ2v) is 4.40. The van der Waals surface area contributed by atoms with Crippen LogP contribution < -0.4 is 16.6 Å². The molecule has 6 nitrogen and oxygen atoms in total. The molecule has 0 aliphatic rings. The van der Waals surface area contributed by atoms with Crippen molar-refractivity contribution in [2.24, 2.45) is 5.84 Å². The van der Waals surface area contributed by atoms with Crippen LogP contribution in [-0.2, 0) is 6.42 Å². The molecular weight excluding hydrogens is 240 g/mol. The highest BCUT2D eigenvalue weighted by atomic mass is 15.3. The van der Waals surface area contributed by atoms with Crippen molar-refractivity contribution in [3.8, 4) is 0 Å². The van der Waals surface area contributed by atoms with Gasteiger partial charge in [0.1, 0.15) is 17.5 Å². The summed E-state index contributed by atoms with van der Waals surface area (Å²) in [5, 5.41) is 3.33. The SMILES string of the molecule is CCCc1nc(NN)cc(NCCN(CC)CC)n1. The maximum absolute atomic E-state index is 5.43. The highest BCUT2D eigenvalue weighted by Gasteiger charge is 2.04. The Balaban J connectivity index is 2.58. The quantitative estimate of drug-likeness (QED) is 0.464. The van der Waals surface area contributed by atoms with E-state index in [2.05, 4.69) is 46.4 Å². The Bertz CT molecular complexity index is 364. The van der Waals surface area contributed by atoms with Gasteiger partial charge in [0.2, 0.25) is 0 Å². The van der Waals surface area contributed by atoms with E-state index in [1.54, 1.807) is 0 Å². The monoisotopic (exact) mass is 266 g/mol. The van der Waals surface area contributed by atoms with E-state index in [0.717, 1.165) is 50.7 Å². The highest BCUT2D eigenvalue weighted by molar-refractivity contribution is 5.46. The van der Waals surface area contributed by atoms with Crippen molar-refractivity contribution in [2.45, 2.75) is 33.6 Å². The molecule has 0 saturated carbocycles. The van der Waals surface area contributed by atoms with Crippen LogP contribution in [0.3, 0.4) is 0 Å². The number of likely N-dealkylation sites (N-methyl/N-ethyl adjacent to an activating group) is 1. The van der Waals surface area contributed by atoms with Gasteiger partial charge in [-0.05, 0) is 19.5 Å². The summed E-state index contributed by atoms with van der Waals surface area (Å²) < 4.78 is 0. The predicted molar refractivity (Wildman–Crippen MR) is 80.1 cm³/mol. The first-order chi connectivity index (χ1) is 9.23. The fourth-order valence-corrected chi connectivity index (χ4v) is 1.88. The van der Waals surface area contributed by atoms with Gasteiger partial charge < -0.3 is 15.6 Å². The number of nitrogens with one attached hydrogen (secondary N) is 2. The van der Waals surface area contributed by atoms with Gasteiger partial charge in [-0.1, -0.05) is 20.8 Å². The fourth-order valence-electron chi connectivity index (χ4n) is 1.88. The first-order valence-electron chi connectivity index (χ1n) is 7.04. The summed E-state index contributed by atoms with van der Waals surface area (Å²) in [5.41, 5.74) is 2.59. The zero-order chi connectivity index (χ0) is 14.1. The molecule has 4 N–H and O–H groups in total. The van der Waals surface area contributed by atoms with E-state index in [-0.39, 0.29) is 0 Å². The lowest BCUT2D eigenvalue weighted by Gasteiger charge is -2.18. The van der Waals surface area contributed by atoms with Gasteiger partial charge in [0.25, 0.3) is 0 Å². The fraction of sp³-hybridized carbons (Fsp3) is 0.692. The van der Waals surface area contributed by atoms with E-state index in [1.165, 1.54) is 0 Å². The number of nitrogens with zero attached hydrogens (tertiary/aromatic N) is 3. The summed E-state index contributed by atoms with van der Waals surface area (Å²) in [7, 11) is 0. The van der Waals surface area contributed by atoms with E-state index in [4.69, 9.17) is 5.84 Å². The Labute approximate surface area is 115 Å². The number of aromatic nitrogens is 2. The molecule has 0 bridgehead atoms. The minimum Gasteiger partial charge on any atom is -0.369 e. The van der Waals surface area contributed by atoms with Gasteiger partial charge in [0.05, 0.1) is 0 Å². The maximum Gasteiger partial charge on any atom is 0.145 e. The van der Waals surface area contributed by atoms with Crippen LogP contribution in [-0.4, -0.2) is 41.0 Å². The smallest absolute Gasteiger partial charge is 0.145 e. The van der Waals surface area contributed by atoms with Gasteiger partial charge in [-0.15, -0.1) is 0 Å². The Morgan fingerprint density at radius 2 is 1.84 bits per heavy atom. The average molecular weight is 266 g/mol. The van der Waals surface area contributed by atoms with E-state index in [9.17, 15) is 0 Å². The molecule has 0 atom stereocenters. The summed E-state index contributed by atoms with van der Waals surface area (Å²) in [5.74, 6) is 7.74. The molecule has 0 amide bonds. The van der Waals surface area contributed by atoms with Gasteiger partial charge in [-0.3, -0.25) is 0 Å². The van der Waals surface area contributed by atoms with Crippen LogP contribution in [0.15, 0.2) is 6.07 Å². The summed E-state index contributed by atoms with van der Waals surface area (Å²) in [6.45, 7) is 10.5. The third-order valence-corrected chi connectivity index (χ3v) is 3.02. The number of aryl methyl sites for hydroxylation is 1. The molecule has 0 fully saturated rings. The Kier molecular flexibility index (Phi) is 7.14. The minimum absolute atomic E-state index is 0.656. The first kappa shape index (κ1) is 15.7. The molecule has 0 spiro atoms. The second-order valence-electron chi connectivity index (χ2n) is 4.40. The second kappa shape index (κ2) is 8.66. The lowest BCUT2D eigenvalue weighted by atomic mass is 10.3. The zero-order valence-electron chi connectivity index (χ0n) is 12.2. The zero-order valence-corrected chi connectivity index (χ0v) is 12.2. The molecular formula is C13H26N6. The summed E-state index contributed by atoms with van der Waals surface area (Å²) >= 11 is 0. The number of hydrazine groups is 1. The van der Waals surface area contributed by atoms with E-state index in [1.807, 2.05) is 6.07 Å². The first-order valence-corrected chi connectivity index (χ1v) is 7.04. The number of nitrogen functional groups attached to an aromatic ring is 1. The van der Waals surface area contributed by atoms with Gasteiger partial charge in [-0.2, -0.15) is 0 Å². The largest absolute Gasteiger partial charge is 0.369 e. The molecule has 1 rings (SSSR count). The van der Waals surface area contributed by atoms with E-state index >= 15 is 0 Å². The highest BCUT2D eigenvalue weighted by Crippen LogP contribution is 2.11. The summed E-state index contributed by atoms with van der Waals surface area (Å²) in [6.07, 6.45) is 1.88. The van der Waals surface area contributed by atoms with Crippen molar-refractivity contribution in [2.75, 3.05) is 36.9 Å². The molecule has 108 valence electrons. The van der Waals surface area contributed by atoms with Crippen LogP contribution in [0.4, 0.5) is 11.6 Å². The Morgan fingerprint density at radius 1 is 1.16 bits per heavy atom. The topological polar surface area (TPSA) is 79.1 Å². The van der Waals surface area contributed by atoms with Crippen molar-refractivity contribution < 1.29 is 0 Å². The predicted octanol–water partition coefficient (Wildman–Crippen LogP) is 1.47. The number of hydrogen-bond donors (Lipinski definition) is 3. The number of anilines is 2. The molecule has 0 unspecified atom stereocenters. The third kappa shape index (κ3) is 5.40. The average Bonchev–Trinajstić information content (AvgIpc) is 2.43. The Hall–Kier alpha value is -1.40. The van der Waals surface area contributed by atoms with Crippen LogP contribution in [0.5, 0.6) is 0 Å². The molecule has 19 heavy (non-hydrogen) atoms. The molecule has 1 aromatic rings. The van der Waals surface area contributed by atoms with Crippen molar-refractivity contribution in [3.63, 3.8) is 0 Å². The molecule has 6 heteroatoms. The van der Waals surface area contributed by atoms with Crippen LogP contribution in [0, 0.1) is 0 Å². The molecule has 0 saturated heterocycles. The molecule has 0 aliphatic heterocycles. The number of hydrogen-bond acceptors (Lipinski definition) is 6. The van der Waals surface area contributed by atoms with Gasteiger partial charge in [0, 0.05) is 25.6 Å². The molecule has 1 heterocycles. The lowest BCUT2D eigenvalue weighted by Crippen LogP contribution is -2.28. The third-order valence-electron chi connectivity index (χ3n) is 3.02. The van der Waals surface area contributed by atoms with Crippen LogP contribution in [0.1, 0.15) is 33.0 Å². The van der Waals surface area contributed by atoms with Gasteiger partial charge in [-0.25, -0.2) is 15.8 Å². The molecule has 0 aromatic carbocycles. The van der Waals surface area contributed by atoms with Crippen molar-refractivity contribution in [1.29, 1.82) is 0 Å². The lowest BCUT2D eigenvalue weighted by molar-refractivity contribution is 0.316. The molecule has 0 aliphatic carbocycles. The molecule has 1 aromatic heterocycles. The van der Waals surface area contributed by atoms with Crippen molar-refractivity contribution >= 4 is 11.6 Å². The van der Waals surface area contributed by atoms with Crippen molar-refractivity contribution in [3.05, 3.63) is 11.9 Å². The van der Waals surface area contributed by atoms with Gasteiger partial charge >= 0.3 is 0 Å².